The van der Waals surface area contributed by atoms with Crippen LogP contribution in [0.25, 0.3) is 0 Å². The summed E-state index contributed by atoms with van der Waals surface area (Å²) in [4.78, 5) is 2.39. The molecule has 2 N–H and O–H groups in total. The molecule has 2 aliphatic rings. The van der Waals surface area contributed by atoms with Crippen molar-refractivity contribution in [1.29, 1.82) is 0 Å². The number of morpholine rings is 1. The first-order valence-electron chi connectivity index (χ1n) is 6.03. The van der Waals surface area contributed by atoms with E-state index < -0.39 is 0 Å². The molecule has 15 heavy (non-hydrogen) atoms. The average molecular weight is 214 g/mol. The maximum atomic E-state index is 9.25. The number of rotatable bonds is 3. The van der Waals surface area contributed by atoms with Gasteiger partial charge in [-0.05, 0) is 31.8 Å². The van der Waals surface area contributed by atoms with E-state index in [4.69, 9.17) is 4.74 Å². The van der Waals surface area contributed by atoms with Gasteiger partial charge in [-0.25, -0.2) is 0 Å². The van der Waals surface area contributed by atoms with Crippen LogP contribution in [0.4, 0.5) is 0 Å². The minimum Gasteiger partial charge on any atom is -0.395 e. The Labute approximate surface area is 91.6 Å². The molecule has 2 rings (SSSR count). The summed E-state index contributed by atoms with van der Waals surface area (Å²) in [5.41, 5.74) is 0. The number of aliphatic hydroxyl groups is 1. The maximum Gasteiger partial charge on any atom is 0.0644 e. The van der Waals surface area contributed by atoms with Gasteiger partial charge in [-0.2, -0.15) is 0 Å². The molecule has 2 aliphatic heterocycles. The summed E-state index contributed by atoms with van der Waals surface area (Å²) < 4.78 is 5.38. The number of aliphatic hydroxyl groups excluding tert-OH is 1. The summed E-state index contributed by atoms with van der Waals surface area (Å²) in [7, 11) is 0. The molecule has 0 aromatic rings. The maximum absolute atomic E-state index is 9.25. The molecule has 2 fully saturated rings. The standard InChI is InChI=1S/C11H22N2O2/c14-8-11-9-15-5-4-13(11)7-10-2-1-3-12-6-10/h10-12,14H,1-9H2. The van der Waals surface area contributed by atoms with Gasteiger partial charge in [0, 0.05) is 13.1 Å². The van der Waals surface area contributed by atoms with Crippen LogP contribution in [0.1, 0.15) is 12.8 Å². The fraction of sp³-hybridized carbons (Fsp3) is 1.00. The van der Waals surface area contributed by atoms with Gasteiger partial charge >= 0.3 is 0 Å². The monoisotopic (exact) mass is 214 g/mol. The number of ether oxygens (including phenoxy) is 1. The molecule has 0 radical (unpaired) electrons. The van der Waals surface area contributed by atoms with Crippen LogP contribution in [0.2, 0.25) is 0 Å². The number of hydrogen-bond donors (Lipinski definition) is 2. The number of hydrogen-bond acceptors (Lipinski definition) is 4. The highest BCUT2D eigenvalue weighted by atomic mass is 16.5. The Morgan fingerprint density at radius 1 is 1.47 bits per heavy atom. The smallest absolute Gasteiger partial charge is 0.0644 e. The summed E-state index contributed by atoms with van der Waals surface area (Å²) in [5, 5.41) is 12.7. The Balaban J connectivity index is 1.79. The largest absolute Gasteiger partial charge is 0.395 e. The molecule has 0 aromatic carbocycles. The van der Waals surface area contributed by atoms with Crippen molar-refractivity contribution >= 4 is 0 Å². The number of nitrogens with zero attached hydrogens (tertiary/aromatic N) is 1. The summed E-state index contributed by atoms with van der Waals surface area (Å²) in [6, 6.07) is 0.223. The first-order valence-corrected chi connectivity index (χ1v) is 6.03. The van der Waals surface area contributed by atoms with Gasteiger partial charge in [0.05, 0.1) is 25.9 Å². The molecule has 0 saturated carbocycles. The Morgan fingerprint density at radius 2 is 2.40 bits per heavy atom. The van der Waals surface area contributed by atoms with E-state index in [-0.39, 0.29) is 12.6 Å². The summed E-state index contributed by atoms with van der Waals surface area (Å²) >= 11 is 0. The topological polar surface area (TPSA) is 44.7 Å². The Bertz CT molecular complexity index is 183. The first-order chi connectivity index (χ1) is 7.40. The van der Waals surface area contributed by atoms with Crippen LogP contribution in [0.5, 0.6) is 0 Å². The molecule has 2 atom stereocenters. The second-order valence-corrected chi connectivity index (χ2v) is 4.62. The van der Waals surface area contributed by atoms with Gasteiger partial charge in [0.2, 0.25) is 0 Å². The van der Waals surface area contributed by atoms with Gasteiger partial charge in [0.25, 0.3) is 0 Å². The molecular weight excluding hydrogens is 192 g/mol. The fourth-order valence-corrected chi connectivity index (χ4v) is 2.51. The van der Waals surface area contributed by atoms with Crippen molar-refractivity contribution < 1.29 is 9.84 Å². The zero-order chi connectivity index (χ0) is 10.5. The third-order valence-electron chi connectivity index (χ3n) is 3.45. The first kappa shape index (κ1) is 11.3. The normalized spacial score (nSPS) is 34.2. The Hall–Kier alpha value is -0.160. The van der Waals surface area contributed by atoms with E-state index >= 15 is 0 Å². The van der Waals surface area contributed by atoms with E-state index in [1.54, 1.807) is 0 Å². The highest BCUT2D eigenvalue weighted by Gasteiger charge is 2.25. The Kier molecular flexibility index (Phi) is 4.38. The molecule has 0 bridgehead atoms. The molecule has 4 heteroatoms. The van der Waals surface area contributed by atoms with Crippen molar-refractivity contribution in [1.82, 2.24) is 10.2 Å². The highest BCUT2D eigenvalue weighted by molar-refractivity contribution is 4.79. The minimum absolute atomic E-state index is 0.222. The van der Waals surface area contributed by atoms with Crippen molar-refractivity contribution in [3.63, 3.8) is 0 Å². The van der Waals surface area contributed by atoms with Gasteiger partial charge < -0.3 is 15.2 Å². The lowest BCUT2D eigenvalue weighted by Gasteiger charge is -2.37. The van der Waals surface area contributed by atoms with Crippen LogP contribution in [0, 0.1) is 5.92 Å². The van der Waals surface area contributed by atoms with E-state index in [1.807, 2.05) is 0 Å². The molecule has 0 spiro atoms. The van der Waals surface area contributed by atoms with Gasteiger partial charge in [-0.15, -0.1) is 0 Å². The molecule has 0 amide bonds. The lowest BCUT2D eigenvalue weighted by atomic mass is 9.98. The van der Waals surface area contributed by atoms with Crippen LogP contribution in [-0.4, -0.2) is 62.0 Å². The molecule has 88 valence electrons. The molecule has 4 nitrogen and oxygen atoms in total. The quantitative estimate of drug-likeness (QED) is 0.676. The fourth-order valence-electron chi connectivity index (χ4n) is 2.51. The van der Waals surface area contributed by atoms with E-state index in [0.29, 0.717) is 6.61 Å². The predicted octanol–water partition coefficient (Wildman–Crippen LogP) is -0.321. The molecule has 2 unspecified atom stereocenters. The highest BCUT2D eigenvalue weighted by Crippen LogP contribution is 2.15. The average Bonchev–Trinajstić information content (AvgIpc) is 2.31. The number of nitrogens with one attached hydrogen (secondary N) is 1. The summed E-state index contributed by atoms with van der Waals surface area (Å²) in [6.45, 7) is 6.12. The zero-order valence-electron chi connectivity index (χ0n) is 9.32. The van der Waals surface area contributed by atoms with Gasteiger partial charge in [-0.1, -0.05) is 0 Å². The van der Waals surface area contributed by atoms with E-state index in [2.05, 4.69) is 10.2 Å². The molecule has 2 heterocycles. The molecule has 0 aromatic heterocycles. The van der Waals surface area contributed by atoms with Crippen molar-refractivity contribution in [2.45, 2.75) is 18.9 Å². The van der Waals surface area contributed by atoms with Crippen molar-refractivity contribution in [3.8, 4) is 0 Å². The van der Waals surface area contributed by atoms with Crippen LogP contribution in [0.3, 0.4) is 0 Å². The Morgan fingerprint density at radius 3 is 3.13 bits per heavy atom. The molecule has 2 saturated heterocycles. The predicted molar refractivity (Wildman–Crippen MR) is 58.9 cm³/mol. The zero-order valence-corrected chi connectivity index (χ0v) is 9.32. The summed E-state index contributed by atoms with van der Waals surface area (Å²) in [5.74, 6) is 0.755. The van der Waals surface area contributed by atoms with E-state index in [0.717, 1.165) is 32.2 Å². The summed E-state index contributed by atoms with van der Waals surface area (Å²) in [6.07, 6.45) is 2.61. The van der Waals surface area contributed by atoms with E-state index in [9.17, 15) is 5.11 Å². The van der Waals surface area contributed by atoms with Crippen molar-refractivity contribution in [2.75, 3.05) is 46.0 Å². The van der Waals surface area contributed by atoms with Crippen LogP contribution < -0.4 is 5.32 Å². The second-order valence-electron chi connectivity index (χ2n) is 4.62. The minimum atomic E-state index is 0.222. The third kappa shape index (κ3) is 3.14. The third-order valence-corrected chi connectivity index (χ3v) is 3.45. The molecular formula is C11H22N2O2. The van der Waals surface area contributed by atoms with Gasteiger partial charge in [-0.3, -0.25) is 4.90 Å². The number of piperidine rings is 1. The van der Waals surface area contributed by atoms with E-state index in [1.165, 1.54) is 19.4 Å². The van der Waals surface area contributed by atoms with Crippen LogP contribution >= 0.6 is 0 Å². The van der Waals surface area contributed by atoms with Crippen molar-refractivity contribution in [2.24, 2.45) is 5.92 Å². The second kappa shape index (κ2) is 5.80. The lowest BCUT2D eigenvalue weighted by molar-refractivity contribution is -0.0345. The lowest BCUT2D eigenvalue weighted by Crippen LogP contribution is -2.50. The van der Waals surface area contributed by atoms with Gasteiger partial charge in [0.15, 0.2) is 0 Å². The van der Waals surface area contributed by atoms with Crippen LogP contribution in [0.15, 0.2) is 0 Å². The van der Waals surface area contributed by atoms with Gasteiger partial charge in [0.1, 0.15) is 0 Å². The van der Waals surface area contributed by atoms with Crippen molar-refractivity contribution in [3.05, 3.63) is 0 Å². The SMILES string of the molecule is OCC1COCCN1CC1CCCNC1. The van der Waals surface area contributed by atoms with Crippen LogP contribution in [-0.2, 0) is 4.74 Å². The molecule has 0 aliphatic carbocycles.